The Morgan fingerprint density at radius 2 is 1.74 bits per heavy atom. The second-order valence-corrected chi connectivity index (χ2v) is 10.6. The van der Waals surface area contributed by atoms with Crippen LogP contribution in [0.25, 0.3) is 0 Å². The van der Waals surface area contributed by atoms with Crippen LogP contribution in [-0.2, 0) is 19.4 Å². The first-order chi connectivity index (χ1) is 16.6. The lowest BCUT2D eigenvalue weighted by Crippen LogP contribution is -2.15. The lowest BCUT2D eigenvalue weighted by atomic mass is 10.0. The second kappa shape index (κ2) is 11.3. The molecule has 0 radical (unpaired) electrons. The van der Waals surface area contributed by atoms with E-state index in [1.54, 1.807) is 43.3 Å². The fourth-order valence-corrected chi connectivity index (χ4v) is 4.92. The number of ether oxygens (including phenoxy) is 1. The number of nitrogen functional groups attached to an aromatic ring is 1. The number of rotatable bonds is 9. The Bertz CT molecular complexity index is 1310. The normalized spacial score (nSPS) is 11.3. The molecular formula is C24H26N4O5S2. The molecule has 0 fully saturated rings. The summed E-state index contributed by atoms with van der Waals surface area (Å²) in [4.78, 5) is 32.0. The first-order valence-corrected chi connectivity index (χ1v) is 13.3. The fourth-order valence-electron chi connectivity index (χ4n) is 3.03. The predicted octanol–water partition coefficient (Wildman–Crippen LogP) is 3.92. The molecule has 0 unspecified atom stereocenters. The molecule has 0 bridgehead atoms. The number of thioether (sulfide) groups is 1. The molecule has 3 rings (SSSR count). The number of carbonyl (C=O) groups excluding carboxylic acids is 2. The van der Waals surface area contributed by atoms with Crippen molar-refractivity contribution in [1.29, 1.82) is 0 Å². The molecule has 0 saturated carbocycles. The number of amides is 1. The standard InChI is InChI=1S/C24H26N4O5S2/c1-4-33-23(30)17-5-9-18(10-6-17)27-21(29)14-34-24-26-13-20(22(25)28-24)35(31,32)19-11-7-16(8-12-19)15(2)3/h5-13,15H,4,14H2,1-3H3,(H,27,29)(H2,25,26,28). The summed E-state index contributed by atoms with van der Waals surface area (Å²) in [6.45, 7) is 6.04. The average molecular weight is 515 g/mol. The summed E-state index contributed by atoms with van der Waals surface area (Å²) in [5.41, 5.74) is 7.84. The van der Waals surface area contributed by atoms with E-state index in [2.05, 4.69) is 15.3 Å². The van der Waals surface area contributed by atoms with E-state index in [1.165, 1.54) is 12.1 Å². The van der Waals surface area contributed by atoms with Gasteiger partial charge >= 0.3 is 5.97 Å². The molecule has 3 aromatic rings. The van der Waals surface area contributed by atoms with Gasteiger partial charge in [0.1, 0.15) is 10.7 Å². The number of hydrogen-bond donors (Lipinski definition) is 2. The van der Waals surface area contributed by atoms with E-state index in [-0.39, 0.29) is 45.0 Å². The zero-order valence-corrected chi connectivity index (χ0v) is 21.2. The van der Waals surface area contributed by atoms with E-state index >= 15 is 0 Å². The van der Waals surface area contributed by atoms with Gasteiger partial charge in [-0.3, -0.25) is 4.79 Å². The van der Waals surface area contributed by atoms with E-state index in [4.69, 9.17) is 10.5 Å². The lowest BCUT2D eigenvalue weighted by Gasteiger charge is -2.10. The number of esters is 1. The van der Waals surface area contributed by atoms with Crippen molar-refractivity contribution in [2.24, 2.45) is 0 Å². The molecule has 3 N–H and O–H groups in total. The van der Waals surface area contributed by atoms with Crippen LogP contribution in [0.1, 0.15) is 42.6 Å². The maximum Gasteiger partial charge on any atom is 0.338 e. The van der Waals surface area contributed by atoms with E-state index < -0.39 is 15.8 Å². The second-order valence-electron chi connectivity index (χ2n) is 7.76. The van der Waals surface area contributed by atoms with Crippen molar-refractivity contribution in [1.82, 2.24) is 9.97 Å². The van der Waals surface area contributed by atoms with Crippen molar-refractivity contribution in [3.8, 4) is 0 Å². The number of anilines is 2. The molecule has 0 atom stereocenters. The molecule has 0 aliphatic carbocycles. The minimum Gasteiger partial charge on any atom is -0.462 e. The molecule has 2 aromatic carbocycles. The Labute approximate surface area is 208 Å². The van der Waals surface area contributed by atoms with Crippen LogP contribution in [-0.4, -0.2) is 42.6 Å². The van der Waals surface area contributed by atoms with Gasteiger partial charge in [-0.1, -0.05) is 37.7 Å². The molecule has 1 amide bonds. The minimum atomic E-state index is -3.89. The summed E-state index contributed by atoms with van der Waals surface area (Å²) in [5.74, 6) is -0.707. The summed E-state index contributed by atoms with van der Waals surface area (Å²) < 4.78 is 30.8. The SMILES string of the molecule is CCOC(=O)c1ccc(NC(=O)CSc2ncc(S(=O)(=O)c3ccc(C(C)C)cc3)c(N)n2)cc1. The summed E-state index contributed by atoms with van der Waals surface area (Å²) in [6.07, 6.45) is 1.16. The van der Waals surface area contributed by atoms with Gasteiger partial charge in [0.2, 0.25) is 15.7 Å². The number of aromatic nitrogens is 2. The van der Waals surface area contributed by atoms with Crippen molar-refractivity contribution < 1.29 is 22.7 Å². The quantitative estimate of drug-likeness (QED) is 0.247. The third-order valence-corrected chi connectivity index (χ3v) is 7.57. The Morgan fingerprint density at radius 1 is 1.09 bits per heavy atom. The molecule has 9 nitrogen and oxygen atoms in total. The summed E-state index contributed by atoms with van der Waals surface area (Å²) in [7, 11) is -3.89. The fraction of sp³-hybridized carbons (Fsp3) is 0.250. The summed E-state index contributed by atoms with van der Waals surface area (Å²) in [5, 5.41) is 2.87. The van der Waals surface area contributed by atoms with Crippen LogP contribution in [0.15, 0.2) is 69.7 Å². The molecule has 11 heteroatoms. The Balaban J connectivity index is 1.62. The number of nitrogens with one attached hydrogen (secondary N) is 1. The number of carbonyl (C=O) groups is 2. The highest BCUT2D eigenvalue weighted by atomic mass is 32.2. The molecule has 1 heterocycles. The lowest BCUT2D eigenvalue weighted by molar-refractivity contribution is -0.113. The van der Waals surface area contributed by atoms with Crippen LogP contribution in [0.4, 0.5) is 11.5 Å². The van der Waals surface area contributed by atoms with Gasteiger partial charge in [-0.25, -0.2) is 23.2 Å². The van der Waals surface area contributed by atoms with Gasteiger partial charge in [0.15, 0.2) is 5.16 Å². The van der Waals surface area contributed by atoms with Crippen LogP contribution in [0.3, 0.4) is 0 Å². The Morgan fingerprint density at radius 3 is 2.31 bits per heavy atom. The monoisotopic (exact) mass is 514 g/mol. The average Bonchev–Trinajstić information content (AvgIpc) is 2.83. The van der Waals surface area contributed by atoms with E-state index in [0.717, 1.165) is 23.5 Å². The number of benzene rings is 2. The number of sulfone groups is 1. The number of nitrogens with zero attached hydrogens (tertiary/aromatic N) is 2. The van der Waals surface area contributed by atoms with Gasteiger partial charge in [-0.05, 0) is 54.8 Å². The van der Waals surface area contributed by atoms with E-state index in [0.29, 0.717) is 11.3 Å². The maximum absolute atomic E-state index is 13.0. The van der Waals surface area contributed by atoms with Gasteiger partial charge < -0.3 is 15.8 Å². The predicted molar refractivity (Wildman–Crippen MR) is 134 cm³/mol. The van der Waals surface area contributed by atoms with Crippen LogP contribution in [0, 0.1) is 0 Å². The molecule has 184 valence electrons. The van der Waals surface area contributed by atoms with Crippen LogP contribution in [0.2, 0.25) is 0 Å². The van der Waals surface area contributed by atoms with Gasteiger partial charge in [0.25, 0.3) is 0 Å². The highest BCUT2D eigenvalue weighted by Gasteiger charge is 2.23. The highest BCUT2D eigenvalue weighted by molar-refractivity contribution is 7.99. The Kier molecular flexibility index (Phi) is 8.47. The molecule has 0 aliphatic rings. The third-order valence-electron chi connectivity index (χ3n) is 4.92. The van der Waals surface area contributed by atoms with E-state index in [1.807, 2.05) is 13.8 Å². The molecule has 1 aromatic heterocycles. The van der Waals surface area contributed by atoms with Gasteiger partial charge in [0, 0.05) is 5.69 Å². The minimum absolute atomic E-state index is 0.0260. The van der Waals surface area contributed by atoms with Crippen LogP contribution >= 0.6 is 11.8 Å². The number of nitrogens with two attached hydrogens (primary N) is 1. The van der Waals surface area contributed by atoms with Crippen LogP contribution < -0.4 is 11.1 Å². The number of hydrogen-bond acceptors (Lipinski definition) is 9. The van der Waals surface area contributed by atoms with Crippen molar-refractivity contribution in [3.05, 3.63) is 65.9 Å². The van der Waals surface area contributed by atoms with Crippen molar-refractivity contribution in [3.63, 3.8) is 0 Å². The molecular weight excluding hydrogens is 488 g/mol. The highest BCUT2D eigenvalue weighted by Crippen LogP contribution is 2.27. The topological polar surface area (TPSA) is 141 Å². The van der Waals surface area contributed by atoms with Crippen molar-refractivity contribution in [2.45, 2.75) is 41.6 Å². The zero-order chi connectivity index (χ0) is 25.6. The van der Waals surface area contributed by atoms with Gasteiger partial charge in [-0.2, -0.15) is 0 Å². The summed E-state index contributed by atoms with van der Waals surface area (Å²) in [6, 6.07) is 12.9. The first kappa shape index (κ1) is 26.2. The maximum atomic E-state index is 13.0. The molecule has 35 heavy (non-hydrogen) atoms. The van der Waals surface area contributed by atoms with Gasteiger partial charge in [0.05, 0.1) is 29.0 Å². The zero-order valence-electron chi connectivity index (χ0n) is 19.5. The smallest absolute Gasteiger partial charge is 0.338 e. The molecule has 0 spiro atoms. The summed E-state index contributed by atoms with van der Waals surface area (Å²) >= 11 is 1.01. The van der Waals surface area contributed by atoms with Crippen molar-refractivity contribution >= 4 is 45.0 Å². The molecule has 0 saturated heterocycles. The van der Waals surface area contributed by atoms with Crippen LogP contribution in [0.5, 0.6) is 0 Å². The van der Waals surface area contributed by atoms with Crippen molar-refractivity contribution in [2.75, 3.05) is 23.4 Å². The van der Waals surface area contributed by atoms with E-state index in [9.17, 15) is 18.0 Å². The first-order valence-electron chi connectivity index (χ1n) is 10.8. The largest absolute Gasteiger partial charge is 0.462 e. The van der Waals surface area contributed by atoms with Gasteiger partial charge in [-0.15, -0.1) is 0 Å². The Hall–Kier alpha value is -3.44. The third kappa shape index (κ3) is 6.58. The molecule has 0 aliphatic heterocycles.